The van der Waals surface area contributed by atoms with Crippen molar-refractivity contribution in [3.63, 3.8) is 0 Å². The predicted octanol–water partition coefficient (Wildman–Crippen LogP) is 4.23. The van der Waals surface area contributed by atoms with Crippen molar-refractivity contribution in [1.82, 2.24) is 14.9 Å². The molecule has 0 radical (unpaired) electrons. The molecule has 3 aromatic rings. The van der Waals surface area contributed by atoms with E-state index < -0.39 is 0 Å². The van der Waals surface area contributed by atoms with Crippen LogP contribution in [-0.4, -0.2) is 53.6 Å². The molecule has 0 unspecified atom stereocenters. The number of hydrogen-bond donors (Lipinski definition) is 1. The number of benzene rings is 2. The van der Waals surface area contributed by atoms with Crippen LogP contribution in [0.5, 0.6) is 5.75 Å². The molecule has 172 valence electrons. The first-order chi connectivity index (χ1) is 16.2. The van der Waals surface area contributed by atoms with Crippen LogP contribution in [0.15, 0.2) is 67.0 Å². The van der Waals surface area contributed by atoms with Gasteiger partial charge in [-0.3, -0.25) is 9.69 Å². The van der Waals surface area contributed by atoms with E-state index in [1.807, 2.05) is 24.3 Å². The van der Waals surface area contributed by atoms with Gasteiger partial charge in [0.2, 0.25) is 0 Å². The van der Waals surface area contributed by atoms with E-state index in [9.17, 15) is 4.79 Å². The number of unbranched alkanes of at least 4 members (excludes halogenated alkanes) is 1. The zero-order valence-electron chi connectivity index (χ0n) is 19.1. The van der Waals surface area contributed by atoms with Crippen LogP contribution in [0.1, 0.15) is 35.7 Å². The topological polar surface area (TPSA) is 70.6 Å². The maximum atomic E-state index is 12.7. The molecule has 7 heteroatoms. The Bertz CT molecular complexity index is 1020. The lowest BCUT2D eigenvalue weighted by atomic mass is 10.2. The quantitative estimate of drug-likeness (QED) is 0.497. The molecule has 1 fully saturated rings. The average molecular weight is 446 g/mol. The Morgan fingerprint density at radius 3 is 2.48 bits per heavy atom. The molecular weight excluding hydrogens is 414 g/mol. The van der Waals surface area contributed by atoms with Crippen LogP contribution in [0.4, 0.5) is 11.6 Å². The molecule has 2 heterocycles. The number of amides is 1. The van der Waals surface area contributed by atoms with Crippen LogP contribution in [0.25, 0.3) is 0 Å². The second-order valence-electron chi connectivity index (χ2n) is 8.19. The van der Waals surface area contributed by atoms with Crippen molar-refractivity contribution < 1.29 is 9.53 Å². The first kappa shape index (κ1) is 22.7. The maximum absolute atomic E-state index is 12.7. The number of rotatable bonds is 9. The summed E-state index contributed by atoms with van der Waals surface area (Å²) in [5.74, 6) is 1.91. The summed E-state index contributed by atoms with van der Waals surface area (Å²) in [6, 6.07) is 19.6. The number of carbonyl (C=O) groups excluding carboxylic acids is 1. The van der Waals surface area contributed by atoms with Crippen molar-refractivity contribution in [2.45, 2.75) is 26.3 Å². The Morgan fingerprint density at radius 2 is 1.76 bits per heavy atom. The molecule has 1 N–H and O–H groups in total. The Hall–Kier alpha value is -3.45. The highest BCUT2D eigenvalue weighted by Gasteiger charge is 2.19. The van der Waals surface area contributed by atoms with Gasteiger partial charge in [0.25, 0.3) is 5.91 Å². The van der Waals surface area contributed by atoms with Crippen molar-refractivity contribution in [2.75, 3.05) is 43.0 Å². The van der Waals surface area contributed by atoms with Crippen LogP contribution in [-0.2, 0) is 6.54 Å². The summed E-state index contributed by atoms with van der Waals surface area (Å²) < 4.78 is 5.66. The van der Waals surface area contributed by atoms with Crippen molar-refractivity contribution in [1.29, 1.82) is 0 Å². The van der Waals surface area contributed by atoms with Crippen molar-refractivity contribution in [2.24, 2.45) is 0 Å². The summed E-state index contributed by atoms with van der Waals surface area (Å²) >= 11 is 0. The SMILES string of the molecule is CCCCOc1ccc(C(=O)Nc2cc(N3CCN(Cc4ccccc4)CC3)ncn2)cc1. The van der Waals surface area contributed by atoms with Crippen LogP contribution in [0.2, 0.25) is 0 Å². The fourth-order valence-electron chi connectivity index (χ4n) is 3.79. The van der Waals surface area contributed by atoms with Crippen molar-refractivity contribution in [3.05, 3.63) is 78.1 Å². The number of nitrogens with one attached hydrogen (secondary N) is 1. The Morgan fingerprint density at radius 1 is 1.00 bits per heavy atom. The lowest BCUT2D eigenvalue weighted by Gasteiger charge is -2.35. The van der Waals surface area contributed by atoms with Gasteiger partial charge in [0.05, 0.1) is 6.61 Å². The summed E-state index contributed by atoms with van der Waals surface area (Å²) in [5, 5.41) is 2.88. The smallest absolute Gasteiger partial charge is 0.256 e. The minimum atomic E-state index is -0.201. The number of nitrogens with zero attached hydrogens (tertiary/aromatic N) is 4. The Labute approximate surface area is 195 Å². The fraction of sp³-hybridized carbons (Fsp3) is 0.346. The molecule has 33 heavy (non-hydrogen) atoms. The van der Waals surface area contributed by atoms with E-state index in [1.165, 1.54) is 11.9 Å². The minimum Gasteiger partial charge on any atom is -0.494 e. The monoisotopic (exact) mass is 445 g/mol. The first-order valence-electron chi connectivity index (χ1n) is 11.6. The first-order valence-corrected chi connectivity index (χ1v) is 11.6. The summed E-state index contributed by atoms with van der Waals surface area (Å²) in [4.78, 5) is 26.0. The molecule has 0 bridgehead atoms. The molecule has 0 aliphatic carbocycles. The lowest BCUT2D eigenvalue weighted by Crippen LogP contribution is -2.46. The van der Waals surface area contributed by atoms with E-state index in [0.29, 0.717) is 18.0 Å². The maximum Gasteiger partial charge on any atom is 0.256 e. The average Bonchev–Trinajstić information content (AvgIpc) is 2.86. The third-order valence-corrected chi connectivity index (χ3v) is 5.72. The second-order valence-corrected chi connectivity index (χ2v) is 8.19. The van der Waals surface area contributed by atoms with Gasteiger partial charge in [0.1, 0.15) is 23.7 Å². The van der Waals surface area contributed by atoms with Gasteiger partial charge >= 0.3 is 0 Å². The van der Waals surface area contributed by atoms with Crippen LogP contribution in [0, 0.1) is 0 Å². The Kier molecular flexibility index (Phi) is 7.87. The van der Waals surface area contributed by atoms with Crippen molar-refractivity contribution in [3.8, 4) is 5.75 Å². The number of piperazine rings is 1. The highest BCUT2D eigenvalue weighted by atomic mass is 16.5. The molecule has 2 aromatic carbocycles. The van der Waals surface area contributed by atoms with Gasteiger partial charge in [-0.25, -0.2) is 9.97 Å². The highest BCUT2D eigenvalue weighted by molar-refractivity contribution is 6.03. The third-order valence-electron chi connectivity index (χ3n) is 5.72. The largest absolute Gasteiger partial charge is 0.494 e. The Balaban J connectivity index is 1.30. The van der Waals surface area contributed by atoms with Gasteiger partial charge < -0.3 is 15.0 Å². The summed E-state index contributed by atoms with van der Waals surface area (Å²) in [6.45, 7) is 7.48. The predicted molar refractivity (Wildman–Crippen MR) is 131 cm³/mol. The van der Waals surface area contributed by atoms with E-state index in [0.717, 1.165) is 57.1 Å². The number of carbonyl (C=O) groups is 1. The van der Waals surface area contributed by atoms with Crippen LogP contribution in [0.3, 0.4) is 0 Å². The molecule has 1 aliphatic heterocycles. The molecule has 0 spiro atoms. The summed E-state index contributed by atoms with van der Waals surface area (Å²) in [7, 11) is 0. The molecule has 4 rings (SSSR count). The lowest BCUT2D eigenvalue weighted by molar-refractivity contribution is 0.102. The minimum absolute atomic E-state index is 0.201. The van der Waals surface area contributed by atoms with Gasteiger partial charge in [-0.05, 0) is 36.2 Å². The molecule has 7 nitrogen and oxygen atoms in total. The number of ether oxygens (including phenoxy) is 1. The molecule has 1 aromatic heterocycles. The number of hydrogen-bond acceptors (Lipinski definition) is 6. The van der Waals surface area contributed by atoms with E-state index in [1.54, 1.807) is 12.1 Å². The van der Waals surface area contributed by atoms with Crippen LogP contribution < -0.4 is 15.0 Å². The molecule has 1 saturated heterocycles. The fourth-order valence-corrected chi connectivity index (χ4v) is 3.79. The number of anilines is 2. The molecule has 0 atom stereocenters. The normalized spacial score (nSPS) is 14.2. The summed E-state index contributed by atoms with van der Waals surface area (Å²) in [6.07, 6.45) is 3.61. The van der Waals surface area contributed by atoms with E-state index in [4.69, 9.17) is 4.74 Å². The number of aromatic nitrogens is 2. The van der Waals surface area contributed by atoms with Crippen LogP contribution >= 0.6 is 0 Å². The third kappa shape index (κ3) is 6.52. The zero-order valence-corrected chi connectivity index (χ0v) is 19.1. The van der Waals surface area contributed by atoms with Gasteiger partial charge in [-0.2, -0.15) is 0 Å². The van der Waals surface area contributed by atoms with E-state index in [-0.39, 0.29) is 5.91 Å². The van der Waals surface area contributed by atoms with Gasteiger partial charge in [0.15, 0.2) is 0 Å². The van der Waals surface area contributed by atoms with Gasteiger partial charge in [-0.1, -0.05) is 43.7 Å². The molecule has 1 aliphatic rings. The molecule has 1 amide bonds. The van der Waals surface area contributed by atoms with E-state index >= 15 is 0 Å². The van der Waals surface area contributed by atoms with Gasteiger partial charge in [-0.15, -0.1) is 0 Å². The standard InChI is InChI=1S/C26H31N5O2/c1-2-3-17-33-23-11-9-22(10-12-23)26(32)29-24-18-25(28-20-27-24)31-15-13-30(14-16-31)19-21-7-5-4-6-8-21/h4-12,18,20H,2-3,13-17,19H2,1H3,(H,27,28,29,32). The van der Waals surface area contributed by atoms with E-state index in [2.05, 4.69) is 56.3 Å². The molecular formula is C26H31N5O2. The zero-order chi connectivity index (χ0) is 22.9. The second kappa shape index (κ2) is 11.4. The molecule has 0 saturated carbocycles. The summed E-state index contributed by atoms with van der Waals surface area (Å²) in [5.41, 5.74) is 1.89. The van der Waals surface area contributed by atoms with Crippen molar-refractivity contribution >= 4 is 17.5 Å². The van der Waals surface area contributed by atoms with Gasteiger partial charge in [0, 0.05) is 44.4 Å². The highest BCUT2D eigenvalue weighted by Crippen LogP contribution is 2.19.